The Morgan fingerprint density at radius 1 is 1.18 bits per heavy atom. The third-order valence-electron chi connectivity index (χ3n) is 2.90. The molecule has 0 fully saturated rings. The fraction of sp³-hybridized carbons (Fsp3) is 0.267. The molecule has 0 spiro atoms. The smallest absolute Gasteiger partial charge is 0.275 e. The van der Waals surface area contributed by atoms with Crippen LogP contribution in [-0.4, -0.2) is 22.4 Å². The van der Waals surface area contributed by atoms with Crippen LogP contribution in [0, 0.1) is 0 Å². The number of hydrogen-bond donors (Lipinski definition) is 2. The second-order valence-electron chi connectivity index (χ2n) is 4.65. The molecule has 0 saturated heterocycles. The molecule has 1 amide bonds. The highest BCUT2D eigenvalue weighted by molar-refractivity contribution is 6.42. The molecule has 2 rings (SSSR count). The van der Waals surface area contributed by atoms with E-state index < -0.39 is 0 Å². The Morgan fingerprint density at radius 3 is 2.64 bits per heavy atom. The summed E-state index contributed by atoms with van der Waals surface area (Å²) in [6.45, 7) is 2.95. The molecule has 7 heteroatoms. The summed E-state index contributed by atoms with van der Waals surface area (Å²) in [5.41, 5.74) is 0.776. The maximum atomic E-state index is 12.1. The molecular weight excluding hydrogens is 323 g/mol. The number of anilines is 2. The van der Waals surface area contributed by atoms with Gasteiger partial charge in [0.1, 0.15) is 11.5 Å². The molecule has 0 bridgehead atoms. The fourth-order valence-corrected chi connectivity index (χ4v) is 2.00. The normalized spacial score (nSPS) is 10.3. The van der Waals surface area contributed by atoms with Crippen LogP contribution in [0.3, 0.4) is 0 Å². The molecule has 0 aliphatic carbocycles. The molecule has 0 unspecified atom stereocenters. The third-order valence-corrected chi connectivity index (χ3v) is 3.64. The Kier molecular flexibility index (Phi) is 5.98. The maximum Gasteiger partial charge on any atom is 0.275 e. The lowest BCUT2D eigenvalue weighted by atomic mass is 10.3. The number of nitrogens with one attached hydrogen (secondary N) is 2. The standard InChI is InChI=1S/C15H16Cl2N4O/c1-2-3-6-18-14-9-19-13(8-20-14)15(22)21-10-4-5-11(16)12(17)7-10/h4-5,7-9H,2-3,6H2,1H3,(H,18,20)(H,21,22). The van der Waals surface area contributed by atoms with Crippen molar-refractivity contribution >= 4 is 40.6 Å². The van der Waals surface area contributed by atoms with Crippen LogP contribution in [0.25, 0.3) is 0 Å². The van der Waals surface area contributed by atoms with E-state index in [9.17, 15) is 4.79 Å². The number of halogens is 2. The fourth-order valence-electron chi connectivity index (χ4n) is 1.70. The predicted molar refractivity (Wildman–Crippen MR) is 89.8 cm³/mol. The summed E-state index contributed by atoms with van der Waals surface area (Å²) in [7, 11) is 0. The first-order valence-electron chi connectivity index (χ1n) is 6.92. The number of hydrogen-bond acceptors (Lipinski definition) is 4. The van der Waals surface area contributed by atoms with E-state index in [-0.39, 0.29) is 11.6 Å². The number of carbonyl (C=O) groups is 1. The summed E-state index contributed by atoms with van der Waals surface area (Å²) in [6, 6.07) is 4.86. The summed E-state index contributed by atoms with van der Waals surface area (Å²) < 4.78 is 0. The molecule has 0 radical (unpaired) electrons. The van der Waals surface area contributed by atoms with Crippen molar-refractivity contribution in [2.75, 3.05) is 17.2 Å². The lowest BCUT2D eigenvalue weighted by Crippen LogP contribution is -2.14. The summed E-state index contributed by atoms with van der Waals surface area (Å²) in [5.74, 6) is 0.297. The van der Waals surface area contributed by atoms with Crippen LogP contribution in [0.4, 0.5) is 11.5 Å². The first-order chi connectivity index (χ1) is 10.6. The van der Waals surface area contributed by atoms with E-state index in [2.05, 4.69) is 27.5 Å². The minimum atomic E-state index is -0.356. The van der Waals surface area contributed by atoms with Gasteiger partial charge in [0.05, 0.1) is 22.4 Å². The van der Waals surface area contributed by atoms with Gasteiger partial charge in [0.25, 0.3) is 5.91 Å². The van der Waals surface area contributed by atoms with Crippen LogP contribution < -0.4 is 10.6 Å². The second-order valence-corrected chi connectivity index (χ2v) is 5.46. The first-order valence-corrected chi connectivity index (χ1v) is 7.68. The molecule has 0 aliphatic rings. The molecule has 22 heavy (non-hydrogen) atoms. The summed E-state index contributed by atoms with van der Waals surface area (Å²) >= 11 is 11.7. The lowest BCUT2D eigenvalue weighted by Gasteiger charge is -2.07. The average Bonchev–Trinajstić information content (AvgIpc) is 2.52. The summed E-state index contributed by atoms with van der Waals surface area (Å²) in [5, 5.41) is 6.64. The van der Waals surface area contributed by atoms with Gasteiger partial charge in [0.15, 0.2) is 0 Å². The Bertz CT molecular complexity index is 646. The zero-order valence-corrected chi connectivity index (χ0v) is 13.6. The zero-order chi connectivity index (χ0) is 15.9. The number of aromatic nitrogens is 2. The highest BCUT2D eigenvalue weighted by atomic mass is 35.5. The molecule has 2 N–H and O–H groups in total. The van der Waals surface area contributed by atoms with Crippen LogP contribution in [0.15, 0.2) is 30.6 Å². The molecule has 2 aromatic rings. The van der Waals surface area contributed by atoms with Gasteiger partial charge in [-0.2, -0.15) is 0 Å². The van der Waals surface area contributed by atoms with E-state index in [1.807, 2.05) is 0 Å². The molecule has 0 atom stereocenters. The Hall–Kier alpha value is -1.85. The van der Waals surface area contributed by atoms with E-state index in [0.29, 0.717) is 21.6 Å². The van der Waals surface area contributed by atoms with Crippen LogP contribution in [0.5, 0.6) is 0 Å². The minimum absolute atomic E-state index is 0.229. The topological polar surface area (TPSA) is 66.9 Å². The average molecular weight is 339 g/mol. The Morgan fingerprint density at radius 2 is 2.00 bits per heavy atom. The summed E-state index contributed by atoms with van der Waals surface area (Å²) in [4.78, 5) is 20.3. The highest BCUT2D eigenvalue weighted by Gasteiger charge is 2.09. The third kappa shape index (κ3) is 4.58. The summed E-state index contributed by atoms with van der Waals surface area (Å²) in [6.07, 6.45) is 5.13. The molecule has 0 saturated carbocycles. The van der Waals surface area contributed by atoms with E-state index >= 15 is 0 Å². The molecule has 1 heterocycles. The lowest BCUT2D eigenvalue weighted by molar-refractivity contribution is 0.102. The largest absolute Gasteiger partial charge is 0.369 e. The zero-order valence-electron chi connectivity index (χ0n) is 12.1. The van der Waals surface area contributed by atoms with Crippen molar-refractivity contribution in [2.45, 2.75) is 19.8 Å². The molecule has 1 aromatic heterocycles. The van der Waals surface area contributed by atoms with Gasteiger partial charge in [-0.25, -0.2) is 9.97 Å². The van der Waals surface area contributed by atoms with Crippen molar-refractivity contribution in [2.24, 2.45) is 0 Å². The van der Waals surface area contributed by atoms with Gasteiger partial charge in [0.2, 0.25) is 0 Å². The quantitative estimate of drug-likeness (QED) is 0.772. The molecule has 116 valence electrons. The van der Waals surface area contributed by atoms with E-state index in [1.165, 1.54) is 6.20 Å². The van der Waals surface area contributed by atoms with Gasteiger partial charge >= 0.3 is 0 Å². The van der Waals surface area contributed by atoms with Gasteiger partial charge in [0, 0.05) is 12.2 Å². The van der Waals surface area contributed by atoms with Crippen molar-refractivity contribution in [1.82, 2.24) is 9.97 Å². The molecule has 0 aliphatic heterocycles. The van der Waals surface area contributed by atoms with Crippen molar-refractivity contribution in [3.05, 3.63) is 46.3 Å². The van der Waals surface area contributed by atoms with Gasteiger partial charge < -0.3 is 10.6 Å². The number of carbonyl (C=O) groups excluding carboxylic acids is 1. The Labute approximate surface area is 139 Å². The van der Waals surface area contributed by atoms with E-state index in [4.69, 9.17) is 23.2 Å². The Balaban J connectivity index is 1.98. The molecule has 1 aromatic carbocycles. The van der Waals surface area contributed by atoms with Gasteiger partial charge in [-0.1, -0.05) is 36.5 Å². The van der Waals surface area contributed by atoms with E-state index in [1.54, 1.807) is 24.4 Å². The molecule has 5 nitrogen and oxygen atoms in total. The predicted octanol–water partition coefficient (Wildman–Crippen LogP) is 4.25. The van der Waals surface area contributed by atoms with Gasteiger partial charge in [-0.3, -0.25) is 4.79 Å². The van der Waals surface area contributed by atoms with E-state index in [0.717, 1.165) is 19.4 Å². The second kappa shape index (κ2) is 7.96. The molecular formula is C15H16Cl2N4O. The van der Waals surface area contributed by atoms with Gasteiger partial charge in [-0.05, 0) is 24.6 Å². The minimum Gasteiger partial charge on any atom is -0.369 e. The number of unbranched alkanes of at least 4 members (excludes halogenated alkanes) is 1. The maximum absolute atomic E-state index is 12.1. The van der Waals surface area contributed by atoms with Crippen LogP contribution in [-0.2, 0) is 0 Å². The number of nitrogens with zero attached hydrogens (tertiary/aromatic N) is 2. The number of rotatable bonds is 6. The first kappa shape index (κ1) is 16.5. The van der Waals surface area contributed by atoms with Gasteiger partial charge in [-0.15, -0.1) is 0 Å². The highest BCUT2D eigenvalue weighted by Crippen LogP contribution is 2.25. The van der Waals surface area contributed by atoms with Crippen LogP contribution in [0.2, 0.25) is 10.0 Å². The van der Waals surface area contributed by atoms with Crippen molar-refractivity contribution in [3.63, 3.8) is 0 Å². The number of benzene rings is 1. The monoisotopic (exact) mass is 338 g/mol. The van der Waals surface area contributed by atoms with Crippen molar-refractivity contribution in [3.8, 4) is 0 Å². The van der Waals surface area contributed by atoms with Crippen molar-refractivity contribution < 1.29 is 4.79 Å². The van der Waals surface area contributed by atoms with Crippen molar-refractivity contribution in [1.29, 1.82) is 0 Å². The van der Waals surface area contributed by atoms with Crippen LogP contribution in [0.1, 0.15) is 30.3 Å². The number of amides is 1. The SMILES string of the molecule is CCCCNc1cnc(C(=O)Nc2ccc(Cl)c(Cl)c2)cn1. The van der Waals surface area contributed by atoms with Crippen LogP contribution >= 0.6 is 23.2 Å².